The van der Waals surface area contributed by atoms with E-state index in [1.54, 1.807) is 11.8 Å². The molecule has 0 heterocycles. The molecule has 0 N–H and O–H groups in total. The van der Waals surface area contributed by atoms with E-state index in [9.17, 15) is 4.79 Å². The molecule has 3 heteroatoms. The predicted octanol–water partition coefficient (Wildman–Crippen LogP) is 3.30. The van der Waals surface area contributed by atoms with Gasteiger partial charge in [0, 0.05) is 15.8 Å². The largest absolute Gasteiger partial charge is 0.303 e. The molecule has 0 unspecified atom stereocenters. The number of aldehydes is 1. The second-order valence-electron chi connectivity index (χ2n) is 2.67. The summed E-state index contributed by atoms with van der Waals surface area (Å²) in [6.45, 7) is 0. The van der Waals surface area contributed by atoms with E-state index in [0.717, 1.165) is 17.2 Å². The molecular weight excluding hydrogens is 248 g/mol. The van der Waals surface area contributed by atoms with Crippen molar-refractivity contribution in [2.24, 2.45) is 0 Å². The number of thioether (sulfide) groups is 1. The number of rotatable bonds is 4. The van der Waals surface area contributed by atoms with Crippen molar-refractivity contribution >= 4 is 34.0 Å². The topological polar surface area (TPSA) is 17.1 Å². The maximum atomic E-state index is 10.2. The van der Waals surface area contributed by atoms with Gasteiger partial charge in [0.05, 0.1) is 0 Å². The zero-order valence-corrected chi connectivity index (χ0v) is 9.82. The fraction of sp³-hybridized carbons (Fsp3) is 0.300. The molecule has 0 fully saturated rings. The van der Waals surface area contributed by atoms with Crippen molar-refractivity contribution in [1.82, 2.24) is 0 Å². The van der Waals surface area contributed by atoms with Crippen LogP contribution in [0.15, 0.2) is 27.6 Å². The van der Waals surface area contributed by atoms with Gasteiger partial charge in [0.1, 0.15) is 6.29 Å². The van der Waals surface area contributed by atoms with Gasteiger partial charge in [-0.15, -0.1) is 11.8 Å². The summed E-state index contributed by atoms with van der Waals surface area (Å²) in [5.74, 6) is 0. The van der Waals surface area contributed by atoms with Crippen LogP contribution in [0, 0.1) is 0 Å². The number of hydrogen-bond donors (Lipinski definition) is 0. The van der Waals surface area contributed by atoms with Gasteiger partial charge in [0.15, 0.2) is 0 Å². The molecule has 0 aliphatic carbocycles. The highest BCUT2D eigenvalue weighted by Gasteiger charge is 1.99. The summed E-state index contributed by atoms with van der Waals surface area (Å²) in [4.78, 5) is 11.4. The Kier molecular flexibility index (Phi) is 4.53. The first-order valence-electron chi connectivity index (χ1n) is 4.04. The lowest BCUT2D eigenvalue weighted by Gasteiger charge is -2.03. The van der Waals surface area contributed by atoms with E-state index < -0.39 is 0 Å². The van der Waals surface area contributed by atoms with Crippen LogP contribution in [0.1, 0.15) is 12.0 Å². The average molecular weight is 259 g/mol. The monoisotopic (exact) mass is 258 g/mol. The third-order valence-corrected chi connectivity index (χ3v) is 3.48. The fourth-order valence-corrected chi connectivity index (χ4v) is 2.46. The SMILES string of the molecule is CSc1ccc(CCC=O)cc1Br. The number of benzene rings is 1. The maximum absolute atomic E-state index is 10.2. The molecule has 0 saturated heterocycles. The zero-order chi connectivity index (χ0) is 9.68. The summed E-state index contributed by atoms with van der Waals surface area (Å²) in [5.41, 5.74) is 1.21. The van der Waals surface area contributed by atoms with E-state index in [1.807, 2.05) is 6.26 Å². The van der Waals surface area contributed by atoms with E-state index in [4.69, 9.17) is 0 Å². The molecule has 0 aliphatic heterocycles. The molecule has 0 amide bonds. The molecule has 1 rings (SSSR count). The van der Waals surface area contributed by atoms with E-state index in [2.05, 4.69) is 34.1 Å². The average Bonchev–Trinajstić information content (AvgIpc) is 2.15. The molecule has 0 bridgehead atoms. The molecule has 1 aromatic carbocycles. The highest BCUT2D eigenvalue weighted by Crippen LogP contribution is 2.26. The summed E-state index contributed by atoms with van der Waals surface area (Å²) in [6.07, 6.45) is 4.43. The molecule has 0 aliphatic rings. The molecule has 0 radical (unpaired) electrons. The van der Waals surface area contributed by atoms with E-state index in [0.29, 0.717) is 6.42 Å². The summed E-state index contributed by atoms with van der Waals surface area (Å²) in [7, 11) is 0. The third-order valence-electron chi connectivity index (χ3n) is 1.77. The van der Waals surface area contributed by atoms with Crippen LogP contribution in [-0.2, 0) is 11.2 Å². The minimum atomic E-state index is 0.602. The number of carbonyl (C=O) groups is 1. The molecule has 0 atom stereocenters. The number of hydrogen-bond acceptors (Lipinski definition) is 2. The summed E-state index contributed by atoms with van der Waals surface area (Å²) >= 11 is 5.20. The summed E-state index contributed by atoms with van der Waals surface area (Å²) in [6, 6.07) is 6.23. The Balaban J connectivity index is 2.76. The second kappa shape index (κ2) is 5.45. The van der Waals surface area contributed by atoms with Gasteiger partial charge in [-0.2, -0.15) is 0 Å². The maximum Gasteiger partial charge on any atom is 0.120 e. The molecule has 0 spiro atoms. The van der Waals surface area contributed by atoms with Gasteiger partial charge in [-0.3, -0.25) is 0 Å². The van der Waals surface area contributed by atoms with Gasteiger partial charge in [-0.1, -0.05) is 6.07 Å². The molecule has 70 valence electrons. The highest BCUT2D eigenvalue weighted by molar-refractivity contribution is 9.10. The third kappa shape index (κ3) is 3.16. The molecule has 1 nitrogen and oxygen atoms in total. The Labute approximate surface area is 91.0 Å². The van der Waals surface area contributed by atoms with Gasteiger partial charge >= 0.3 is 0 Å². The van der Waals surface area contributed by atoms with Crippen LogP contribution in [0.4, 0.5) is 0 Å². The van der Waals surface area contributed by atoms with Crippen LogP contribution in [0.2, 0.25) is 0 Å². The summed E-state index contributed by atoms with van der Waals surface area (Å²) in [5, 5.41) is 0. The Bertz CT molecular complexity index is 299. The van der Waals surface area contributed by atoms with Crippen molar-refractivity contribution in [3.8, 4) is 0 Å². The predicted molar refractivity (Wildman–Crippen MR) is 60.3 cm³/mol. The quantitative estimate of drug-likeness (QED) is 0.609. The lowest BCUT2D eigenvalue weighted by Crippen LogP contribution is -1.86. The number of aryl methyl sites for hydroxylation is 1. The number of carbonyl (C=O) groups excluding carboxylic acids is 1. The van der Waals surface area contributed by atoms with Gasteiger partial charge in [0.25, 0.3) is 0 Å². The van der Waals surface area contributed by atoms with Crippen molar-refractivity contribution in [1.29, 1.82) is 0 Å². The van der Waals surface area contributed by atoms with Crippen molar-refractivity contribution in [3.05, 3.63) is 28.2 Å². The first-order valence-corrected chi connectivity index (χ1v) is 6.05. The molecular formula is C10H11BrOS. The van der Waals surface area contributed by atoms with Crippen LogP contribution < -0.4 is 0 Å². The number of halogens is 1. The second-order valence-corrected chi connectivity index (χ2v) is 4.38. The molecule has 0 aromatic heterocycles. The van der Waals surface area contributed by atoms with Crippen molar-refractivity contribution in [3.63, 3.8) is 0 Å². The Morgan fingerprint density at radius 1 is 1.54 bits per heavy atom. The normalized spacial score (nSPS) is 10.0. The lowest BCUT2D eigenvalue weighted by atomic mass is 10.1. The fourth-order valence-electron chi connectivity index (χ4n) is 1.09. The Morgan fingerprint density at radius 2 is 2.31 bits per heavy atom. The van der Waals surface area contributed by atoms with Crippen LogP contribution in [-0.4, -0.2) is 12.5 Å². The van der Waals surface area contributed by atoms with Crippen LogP contribution >= 0.6 is 27.7 Å². The first kappa shape index (κ1) is 10.8. The van der Waals surface area contributed by atoms with Crippen molar-refractivity contribution in [2.75, 3.05) is 6.26 Å². The minimum Gasteiger partial charge on any atom is -0.303 e. The van der Waals surface area contributed by atoms with E-state index in [1.165, 1.54) is 10.5 Å². The highest BCUT2D eigenvalue weighted by atomic mass is 79.9. The van der Waals surface area contributed by atoms with E-state index in [-0.39, 0.29) is 0 Å². The van der Waals surface area contributed by atoms with Crippen LogP contribution in [0.5, 0.6) is 0 Å². The first-order chi connectivity index (χ1) is 6.27. The molecule has 13 heavy (non-hydrogen) atoms. The standard InChI is InChI=1S/C10H11BrOS/c1-13-10-5-4-8(3-2-6-12)7-9(10)11/h4-7H,2-3H2,1H3. The molecule has 0 saturated carbocycles. The van der Waals surface area contributed by atoms with Gasteiger partial charge in [-0.25, -0.2) is 0 Å². The van der Waals surface area contributed by atoms with Crippen LogP contribution in [0.3, 0.4) is 0 Å². The van der Waals surface area contributed by atoms with Crippen molar-refractivity contribution in [2.45, 2.75) is 17.7 Å². The van der Waals surface area contributed by atoms with Gasteiger partial charge < -0.3 is 4.79 Å². The summed E-state index contributed by atoms with van der Waals surface area (Å²) < 4.78 is 1.11. The van der Waals surface area contributed by atoms with Gasteiger partial charge in [0.2, 0.25) is 0 Å². The van der Waals surface area contributed by atoms with E-state index >= 15 is 0 Å². The lowest BCUT2D eigenvalue weighted by molar-refractivity contribution is -0.107. The Hall–Kier alpha value is -0.280. The smallest absolute Gasteiger partial charge is 0.120 e. The zero-order valence-electron chi connectivity index (χ0n) is 7.42. The molecule has 1 aromatic rings. The van der Waals surface area contributed by atoms with Crippen LogP contribution in [0.25, 0.3) is 0 Å². The van der Waals surface area contributed by atoms with Gasteiger partial charge in [-0.05, 0) is 46.3 Å². The van der Waals surface area contributed by atoms with Crippen molar-refractivity contribution < 1.29 is 4.79 Å². The Morgan fingerprint density at radius 3 is 2.85 bits per heavy atom. The minimum absolute atomic E-state index is 0.602.